The molecule has 1 atom stereocenters. The van der Waals surface area contributed by atoms with Crippen molar-refractivity contribution in [1.29, 1.82) is 0 Å². The van der Waals surface area contributed by atoms with Gasteiger partial charge in [0.1, 0.15) is 15.9 Å². The third kappa shape index (κ3) is 2.95. The predicted molar refractivity (Wildman–Crippen MR) is 93.0 cm³/mol. The van der Waals surface area contributed by atoms with Gasteiger partial charge in [-0.2, -0.15) is 0 Å². The van der Waals surface area contributed by atoms with E-state index in [-0.39, 0.29) is 30.2 Å². The van der Waals surface area contributed by atoms with Gasteiger partial charge in [-0.1, -0.05) is 30.3 Å². The first-order valence-electron chi connectivity index (χ1n) is 8.24. The number of thiazole rings is 1. The summed E-state index contributed by atoms with van der Waals surface area (Å²) >= 11 is 1.34. The second-order valence-electron chi connectivity index (χ2n) is 6.38. The highest BCUT2D eigenvalue weighted by molar-refractivity contribution is 7.17. The maximum Gasteiger partial charge on any atom is 0.266 e. The van der Waals surface area contributed by atoms with Gasteiger partial charge < -0.3 is 4.90 Å². The number of carbonyl (C=O) groups is 3. The molecule has 1 N–H and O–H groups in total. The number of nitrogens with one attached hydrogen (secondary N) is 1. The lowest BCUT2D eigenvalue weighted by Gasteiger charge is -2.26. The van der Waals surface area contributed by atoms with Gasteiger partial charge in [-0.3, -0.25) is 19.7 Å². The van der Waals surface area contributed by atoms with Crippen molar-refractivity contribution < 1.29 is 14.4 Å². The number of aromatic nitrogens is 1. The number of benzene rings is 1. The standard InChI is InChI=1S/C18H17N3O3S/c1-10-15(25-17(19-10)11-5-3-2-4-6-11)18(24)21(12-7-8-12)13-9-14(22)20-16(13)23/h2-6,12-13H,7-9H2,1H3,(H,20,22,23)/t13-/m0/s1. The Balaban J connectivity index is 1.66. The van der Waals surface area contributed by atoms with E-state index in [0.29, 0.717) is 10.6 Å². The Morgan fingerprint density at radius 3 is 2.56 bits per heavy atom. The fraction of sp³-hybridized carbons (Fsp3) is 0.333. The molecule has 0 radical (unpaired) electrons. The van der Waals surface area contributed by atoms with Gasteiger partial charge in [0.2, 0.25) is 11.8 Å². The Hall–Kier alpha value is -2.54. The third-order valence-electron chi connectivity index (χ3n) is 4.47. The lowest BCUT2D eigenvalue weighted by atomic mass is 10.2. The molecule has 1 saturated carbocycles. The normalized spacial score (nSPS) is 19.8. The summed E-state index contributed by atoms with van der Waals surface area (Å²) in [6.07, 6.45) is 1.78. The van der Waals surface area contributed by atoms with E-state index in [4.69, 9.17) is 0 Å². The smallest absolute Gasteiger partial charge is 0.266 e. The summed E-state index contributed by atoms with van der Waals surface area (Å²) in [5.74, 6) is -0.898. The van der Waals surface area contributed by atoms with Gasteiger partial charge in [0.05, 0.1) is 12.1 Å². The minimum Gasteiger partial charge on any atom is -0.322 e. The Bertz CT molecular complexity index is 858. The molecule has 2 aromatic rings. The number of hydrogen-bond acceptors (Lipinski definition) is 5. The minimum atomic E-state index is -0.700. The Morgan fingerprint density at radius 2 is 1.96 bits per heavy atom. The van der Waals surface area contributed by atoms with Crippen molar-refractivity contribution in [3.05, 3.63) is 40.9 Å². The molecule has 2 aliphatic rings. The van der Waals surface area contributed by atoms with Crippen molar-refractivity contribution in [3.8, 4) is 10.6 Å². The maximum atomic E-state index is 13.1. The number of hydrogen-bond donors (Lipinski definition) is 1. The van der Waals surface area contributed by atoms with Gasteiger partial charge in [0.25, 0.3) is 5.91 Å². The van der Waals surface area contributed by atoms with Crippen molar-refractivity contribution in [2.45, 2.75) is 38.3 Å². The van der Waals surface area contributed by atoms with Crippen LogP contribution in [0.5, 0.6) is 0 Å². The van der Waals surface area contributed by atoms with E-state index >= 15 is 0 Å². The van der Waals surface area contributed by atoms with Crippen LogP contribution in [0, 0.1) is 6.92 Å². The average Bonchev–Trinajstić information content (AvgIpc) is 3.27. The molecule has 6 nitrogen and oxygen atoms in total. The summed E-state index contributed by atoms with van der Waals surface area (Å²) in [5, 5.41) is 3.08. The highest BCUT2D eigenvalue weighted by Gasteiger charge is 2.45. The van der Waals surface area contributed by atoms with E-state index in [0.717, 1.165) is 23.4 Å². The number of aryl methyl sites for hydroxylation is 1. The van der Waals surface area contributed by atoms with Crippen LogP contribution in [0.4, 0.5) is 0 Å². The largest absolute Gasteiger partial charge is 0.322 e. The van der Waals surface area contributed by atoms with Crippen LogP contribution in [0.3, 0.4) is 0 Å². The van der Waals surface area contributed by atoms with Gasteiger partial charge >= 0.3 is 0 Å². The predicted octanol–water partition coefficient (Wildman–Crippen LogP) is 2.14. The SMILES string of the molecule is Cc1nc(-c2ccccc2)sc1C(=O)N(C1CC1)[C@H]1CC(=O)NC1=O. The van der Waals surface area contributed by atoms with E-state index in [2.05, 4.69) is 10.3 Å². The van der Waals surface area contributed by atoms with Crippen LogP contribution in [0.1, 0.15) is 34.6 Å². The van der Waals surface area contributed by atoms with E-state index in [1.54, 1.807) is 11.8 Å². The van der Waals surface area contributed by atoms with Crippen molar-refractivity contribution in [1.82, 2.24) is 15.2 Å². The molecular weight excluding hydrogens is 338 g/mol. The van der Waals surface area contributed by atoms with Gasteiger partial charge in [-0.15, -0.1) is 11.3 Å². The summed E-state index contributed by atoms with van der Waals surface area (Å²) in [4.78, 5) is 43.4. The van der Waals surface area contributed by atoms with E-state index in [1.807, 2.05) is 30.3 Å². The molecule has 0 unspecified atom stereocenters. The fourth-order valence-corrected chi connectivity index (χ4v) is 4.11. The minimum absolute atomic E-state index is 0.0378. The van der Waals surface area contributed by atoms with Crippen LogP contribution in [-0.2, 0) is 9.59 Å². The molecule has 1 aliphatic heterocycles. The number of rotatable bonds is 4. The van der Waals surface area contributed by atoms with E-state index in [9.17, 15) is 14.4 Å². The quantitative estimate of drug-likeness (QED) is 0.852. The first kappa shape index (κ1) is 16.0. The summed E-state index contributed by atoms with van der Waals surface area (Å²) < 4.78 is 0. The molecule has 7 heteroatoms. The van der Waals surface area contributed by atoms with Crippen molar-refractivity contribution in [3.63, 3.8) is 0 Å². The molecule has 3 amide bonds. The van der Waals surface area contributed by atoms with E-state index in [1.165, 1.54) is 11.3 Å². The molecule has 128 valence electrons. The lowest BCUT2D eigenvalue weighted by Crippen LogP contribution is -2.45. The molecule has 2 heterocycles. The number of amides is 3. The third-order valence-corrected chi connectivity index (χ3v) is 5.66. The molecule has 1 saturated heterocycles. The first-order chi connectivity index (χ1) is 12.0. The fourth-order valence-electron chi connectivity index (χ4n) is 3.10. The molecule has 4 rings (SSSR count). The zero-order valence-electron chi connectivity index (χ0n) is 13.7. The highest BCUT2D eigenvalue weighted by Crippen LogP contribution is 2.35. The summed E-state index contributed by atoms with van der Waals surface area (Å²) in [5.41, 5.74) is 1.62. The zero-order valence-corrected chi connectivity index (χ0v) is 14.5. The first-order valence-corrected chi connectivity index (χ1v) is 9.05. The van der Waals surface area contributed by atoms with Crippen LogP contribution >= 0.6 is 11.3 Å². The molecular formula is C18H17N3O3S. The summed E-state index contributed by atoms with van der Waals surface area (Å²) in [7, 11) is 0. The molecule has 2 fully saturated rings. The average molecular weight is 355 g/mol. The van der Waals surface area contributed by atoms with Crippen molar-refractivity contribution in [2.75, 3.05) is 0 Å². The molecule has 1 aromatic carbocycles. The Morgan fingerprint density at radius 1 is 1.24 bits per heavy atom. The highest BCUT2D eigenvalue weighted by atomic mass is 32.1. The molecule has 0 spiro atoms. The second kappa shape index (κ2) is 6.07. The van der Waals surface area contributed by atoms with Gasteiger partial charge in [-0.25, -0.2) is 4.98 Å². The van der Waals surface area contributed by atoms with Crippen LogP contribution in [-0.4, -0.2) is 39.7 Å². The lowest BCUT2D eigenvalue weighted by molar-refractivity contribution is -0.126. The number of nitrogens with zero attached hydrogens (tertiary/aromatic N) is 2. The monoisotopic (exact) mass is 355 g/mol. The van der Waals surface area contributed by atoms with Crippen LogP contribution in [0.15, 0.2) is 30.3 Å². The Kier molecular flexibility index (Phi) is 3.88. The molecule has 0 bridgehead atoms. The van der Waals surface area contributed by atoms with Crippen LogP contribution in [0.2, 0.25) is 0 Å². The van der Waals surface area contributed by atoms with Crippen LogP contribution < -0.4 is 5.32 Å². The summed E-state index contributed by atoms with van der Waals surface area (Å²) in [6.45, 7) is 1.81. The van der Waals surface area contributed by atoms with Gasteiger partial charge in [0, 0.05) is 11.6 Å². The van der Waals surface area contributed by atoms with Gasteiger partial charge in [-0.05, 0) is 19.8 Å². The summed E-state index contributed by atoms with van der Waals surface area (Å²) in [6, 6.07) is 9.03. The second-order valence-corrected chi connectivity index (χ2v) is 7.37. The Labute approximate surface area is 148 Å². The molecule has 1 aromatic heterocycles. The number of imide groups is 1. The zero-order chi connectivity index (χ0) is 17.6. The number of carbonyl (C=O) groups excluding carboxylic acids is 3. The molecule has 25 heavy (non-hydrogen) atoms. The molecule has 1 aliphatic carbocycles. The van der Waals surface area contributed by atoms with Crippen molar-refractivity contribution in [2.24, 2.45) is 0 Å². The van der Waals surface area contributed by atoms with Gasteiger partial charge in [0.15, 0.2) is 0 Å². The van der Waals surface area contributed by atoms with Crippen molar-refractivity contribution >= 4 is 29.1 Å². The van der Waals surface area contributed by atoms with E-state index < -0.39 is 6.04 Å². The maximum absolute atomic E-state index is 13.1. The topological polar surface area (TPSA) is 79.4 Å². The van der Waals surface area contributed by atoms with Crippen LogP contribution in [0.25, 0.3) is 10.6 Å².